The zero-order valence-corrected chi connectivity index (χ0v) is 8.57. The maximum atomic E-state index is 6.89. The van der Waals surface area contributed by atoms with Crippen LogP contribution in [0.15, 0.2) is 22.8 Å². The highest BCUT2D eigenvalue weighted by Crippen LogP contribution is 2.13. The Balaban J connectivity index is 3.92. The molecule has 0 aromatic heterocycles. The van der Waals surface area contributed by atoms with Crippen LogP contribution < -0.4 is 0 Å². The monoisotopic (exact) mass is 165 g/mol. The van der Waals surface area contributed by atoms with E-state index in [-0.39, 0.29) is 0 Å². The van der Waals surface area contributed by atoms with Crippen molar-refractivity contribution in [2.75, 3.05) is 0 Å². The molecule has 1 N–H and O–H groups in total. The van der Waals surface area contributed by atoms with Crippen LogP contribution in [0.4, 0.5) is 0 Å². The van der Waals surface area contributed by atoms with Gasteiger partial charge in [-0.1, -0.05) is 16.7 Å². The van der Waals surface area contributed by atoms with Gasteiger partial charge >= 0.3 is 0 Å². The minimum Gasteiger partial charge on any atom is -0.309 e. The highest BCUT2D eigenvalue weighted by molar-refractivity contribution is 5.68. The molecule has 0 aromatic rings. The molecule has 0 rings (SSSR count). The van der Waals surface area contributed by atoms with E-state index < -0.39 is 0 Å². The summed E-state index contributed by atoms with van der Waals surface area (Å²) in [5.74, 6) is 0. The molecule has 1 heteroatoms. The lowest BCUT2D eigenvalue weighted by Gasteiger charge is -2.03. The molecular weight excluding hydrogens is 146 g/mol. The summed E-state index contributed by atoms with van der Waals surface area (Å²) in [6, 6.07) is 0. The van der Waals surface area contributed by atoms with Gasteiger partial charge in [-0.15, -0.1) is 0 Å². The lowest BCUT2D eigenvalue weighted by Crippen LogP contribution is -1.83. The van der Waals surface area contributed by atoms with Crippen molar-refractivity contribution in [3.05, 3.63) is 22.8 Å². The van der Waals surface area contributed by atoms with E-state index in [4.69, 9.17) is 5.41 Å². The summed E-state index contributed by atoms with van der Waals surface area (Å²) >= 11 is 0. The minimum atomic E-state index is 1.08. The molecule has 0 radical (unpaired) electrons. The van der Waals surface area contributed by atoms with Gasteiger partial charge < -0.3 is 5.41 Å². The first-order chi connectivity index (χ1) is 5.57. The van der Waals surface area contributed by atoms with Crippen molar-refractivity contribution in [3.63, 3.8) is 0 Å². The van der Waals surface area contributed by atoms with Gasteiger partial charge in [0.25, 0.3) is 0 Å². The Morgan fingerprint density at radius 2 is 1.67 bits per heavy atom. The van der Waals surface area contributed by atoms with E-state index in [9.17, 15) is 0 Å². The number of hydrogen-bond acceptors (Lipinski definition) is 1. The summed E-state index contributed by atoms with van der Waals surface area (Å²) in [5, 5.41) is 6.89. The van der Waals surface area contributed by atoms with Gasteiger partial charge in [0, 0.05) is 6.21 Å². The molecule has 0 saturated heterocycles. The molecule has 0 fully saturated rings. The second-order valence-electron chi connectivity index (χ2n) is 3.46. The maximum Gasteiger partial charge on any atom is 0.0177 e. The number of rotatable bonds is 4. The van der Waals surface area contributed by atoms with Crippen molar-refractivity contribution < 1.29 is 0 Å². The van der Waals surface area contributed by atoms with Crippen molar-refractivity contribution in [2.45, 2.75) is 40.5 Å². The Morgan fingerprint density at radius 1 is 1.08 bits per heavy atom. The van der Waals surface area contributed by atoms with Gasteiger partial charge in [-0.05, 0) is 46.6 Å². The Labute approximate surface area is 75.7 Å². The first-order valence-electron chi connectivity index (χ1n) is 4.37. The van der Waals surface area contributed by atoms with Crippen LogP contribution in [0.3, 0.4) is 0 Å². The highest BCUT2D eigenvalue weighted by Gasteiger charge is 1.93. The van der Waals surface area contributed by atoms with Gasteiger partial charge in [0.15, 0.2) is 0 Å². The maximum absolute atomic E-state index is 6.89. The van der Waals surface area contributed by atoms with Crippen molar-refractivity contribution in [2.24, 2.45) is 0 Å². The van der Waals surface area contributed by atoms with E-state index in [1.54, 1.807) is 0 Å². The number of allylic oxidation sites excluding steroid dienone is 4. The van der Waals surface area contributed by atoms with E-state index in [0.717, 1.165) is 12.8 Å². The molecule has 0 heterocycles. The van der Waals surface area contributed by atoms with E-state index in [1.807, 2.05) is 6.08 Å². The van der Waals surface area contributed by atoms with E-state index in [1.165, 1.54) is 22.9 Å². The fraction of sp³-hybridized carbons (Fsp3) is 0.545. The molecule has 0 spiro atoms. The molecule has 68 valence electrons. The Morgan fingerprint density at radius 3 is 2.08 bits per heavy atom. The van der Waals surface area contributed by atoms with Crippen LogP contribution >= 0.6 is 0 Å². The van der Waals surface area contributed by atoms with Crippen molar-refractivity contribution in [3.8, 4) is 0 Å². The third-order valence-corrected chi connectivity index (χ3v) is 2.12. The van der Waals surface area contributed by atoms with Crippen LogP contribution in [0.2, 0.25) is 0 Å². The van der Waals surface area contributed by atoms with Crippen LogP contribution in [0.5, 0.6) is 0 Å². The van der Waals surface area contributed by atoms with Crippen LogP contribution in [0, 0.1) is 5.41 Å². The third kappa shape index (κ3) is 4.89. The Hall–Kier alpha value is -0.850. The smallest absolute Gasteiger partial charge is 0.0177 e. The topological polar surface area (TPSA) is 23.9 Å². The summed E-state index contributed by atoms with van der Waals surface area (Å²) < 4.78 is 0. The van der Waals surface area contributed by atoms with Gasteiger partial charge in [0.2, 0.25) is 0 Å². The first kappa shape index (κ1) is 11.2. The van der Waals surface area contributed by atoms with Crippen LogP contribution in [-0.4, -0.2) is 6.21 Å². The molecule has 0 saturated carbocycles. The van der Waals surface area contributed by atoms with Gasteiger partial charge in [-0.25, -0.2) is 0 Å². The molecule has 0 bridgehead atoms. The lowest BCUT2D eigenvalue weighted by atomic mass is 10.0. The second-order valence-corrected chi connectivity index (χ2v) is 3.46. The summed E-state index contributed by atoms with van der Waals surface area (Å²) in [6.07, 6.45) is 5.41. The zero-order valence-electron chi connectivity index (χ0n) is 8.57. The largest absolute Gasteiger partial charge is 0.309 e. The lowest BCUT2D eigenvalue weighted by molar-refractivity contribution is 0.909. The van der Waals surface area contributed by atoms with Crippen LogP contribution in [0.1, 0.15) is 40.5 Å². The number of nitrogens with one attached hydrogen (secondary N) is 1. The molecule has 0 aromatic carbocycles. The average molecular weight is 165 g/mol. The molecular formula is C11H19N. The van der Waals surface area contributed by atoms with Gasteiger partial charge in [-0.2, -0.15) is 0 Å². The highest BCUT2D eigenvalue weighted by atomic mass is 14.3. The minimum absolute atomic E-state index is 1.08. The van der Waals surface area contributed by atoms with Crippen molar-refractivity contribution in [1.29, 1.82) is 5.41 Å². The summed E-state index contributed by atoms with van der Waals surface area (Å²) in [4.78, 5) is 0. The molecule has 0 unspecified atom stereocenters. The molecule has 1 nitrogen and oxygen atoms in total. The van der Waals surface area contributed by atoms with E-state index in [2.05, 4.69) is 27.7 Å². The van der Waals surface area contributed by atoms with E-state index >= 15 is 0 Å². The van der Waals surface area contributed by atoms with Gasteiger partial charge in [-0.3, -0.25) is 0 Å². The van der Waals surface area contributed by atoms with E-state index in [0.29, 0.717) is 0 Å². The SMILES string of the molecule is CC(=CC=N)CCC(C)=C(C)C. The molecule has 0 amide bonds. The molecule has 12 heavy (non-hydrogen) atoms. The average Bonchev–Trinajstić information content (AvgIpc) is 2.00. The zero-order chi connectivity index (χ0) is 9.56. The molecule has 0 aliphatic heterocycles. The van der Waals surface area contributed by atoms with Gasteiger partial charge in [0.05, 0.1) is 0 Å². The van der Waals surface area contributed by atoms with Crippen LogP contribution in [0.25, 0.3) is 0 Å². The Bertz CT molecular complexity index is 205. The predicted molar refractivity (Wildman–Crippen MR) is 55.8 cm³/mol. The number of hydrogen-bond donors (Lipinski definition) is 1. The fourth-order valence-corrected chi connectivity index (χ4v) is 0.860. The summed E-state index contributed by atoms with van der Waals surface area (Å²) in [7, 11) is 0. The molecule has 0 aliphatic rings. The fourth-order valence-electron chi connectivity index (χ4n) is 0.860. The second kappa shape index (κ2) is 5.76. The standard InChI is InChI=1S/C11H19N/c1-9(2)11(4)6-5-10(3)7-8-12/h7-8,12H,5-6H2,1-4H3. The third-order valence-electron chi connectivity index (χ3n) is 2.12. The first-order valence-corrected chi connectivity index (χ1v) is 4.37. The quantitative estimate of drug-likeness (QED) is 0.485. The Kier molecular flexibility index (Phi) is 5.35. The van der Waals surface area contributed by atoms with Crippen molar-refractivity contribution in [1.82, 2.24) is 0 Å². The summed E-state index contributed by atoms with van der Waals surface area (Å²) in [5.41, 5.74) is 4.16. The molecule has 0 aliphatic carbocycles. The normalized spacial score (nSPS) is 11.2. The molecule has 0 atom stereocenters. The van der Waals surface area contributed by atoms with Crippen LogP contribution in [-0.2, 0) is 0 Å². The van der Waals surface area contributed by atoms with Crippen molar-refractivity contribution >= 4 is 6.21 Å². The van der Waals surface area contributed by atoms with Gasteiger partial charge in [0.1, 0.15) is 0 Å². The predicted octanol–water partition coefficient (Wildman–Crippen LogP) is 3.72. The summed E-state index contributed by atoms with van der Waals surface area (Å²) in [6.45, 7) is 8.53.